The molecule has 4 rings (SSSR count). The fourth-order valence-corrected chi connectivity index (χ4v) is 3.27. The van der Waals surface area contributed by atoms with Crippen molar-refractivity contribution in [2.75, 3.05) is 11.4 Å². The SMILES string of the molecule is Cc1c(C#N)c(N2CCc3c(nc[nH]c3=O)C2)nc2ccccc12. The Balaban J connectivity index is 1.86. The molecule has 0 saturated carbocycles. The maximum atomic E-state index is 11.9. The second kappa shape index (κ2) is 5.46. The summed E-state index contributed by atoms with van der Waals surface area (Å²) in [4.78, 5) is 25.5. The van der Waals surface area contributed by atoms with Crippen LogP contribution in [0.4, 0.5) is 5.82 Å². The first-order valence-electron chi connectivity index (χ1n) is 7.79. The maximum absolute atomic E-state index is 11.9. The molecule has 0 unspecified atom stereocenters. The van der Waals surface area contributed by atoms with Crippen LogP contribution in [0.1, 0.15) is 22.4 Å². The molecule has 1 aromatic carbocycles. The molecule has 1 aliphatic rings. The van der Waals surface area contributed by atoms with Gasteiger partial charge in [-0.1, -0.05) is 18.2 Å². The zero-order chi connectivity index (χ0) is 16.7. The number of H-pyrrole nitrogens is 1. The number of anilines is 1. The first-order valence-corrected chi connectivity index (χ1v) is 7.79. The summed E-state index contributed by atoms with van der Waals surface area (Å²) in [5.41, 5.74) is 3.78. The van der Waals surface area contributed by atoms with Crippen LogP contribution < -0.4 is 10.5 Å². The molecule has 0 bridgehead atoms. The van der Waals surface area contributed by atoms with Gasteiger partial charge in [-0.15, -0.1) is 0 Å². The van der Waals surface area contributed by atoms with Crippen LogP contribution in [0.15, 0.2) is 35.4 Å². The molecule has 0 fully saturated rings. The minimum Gasteiger partial charge on any atom is -0.349 e. The lowest BCUT2D eigenvalue weighted by atomic mass is 10.0. The van der Waals surface area contributed by atoms with Crippen molar-refractivity contribution in [1.82, 2.24) is 15.0 Å². The zero-order valence-electron chi connectivity index (χ0n) is 13.2. The predicted molar refractivity (Wildman–Crippen MR) is 90.8 cm³/mol. The highest BCUT2D eigenvalue weighted by Gasteiger charge is 2.24. The standard InChI is InChI=1S/C18H15N5O/c1-11-12-4-2-3-5-15(12)22-17(14(11)8-19)23-7-6-13-16(9-23)20-10-21-18(13)24/h2-5,10H,6-7,9H2,1H3,(H,20,21,24). The number of nitrogens with one attached hydrogen (secondary N) is 1. The van der Waals surface area contributed by atoms with Gasteiger partial charge in [-0.2, -0.15) is 5.26 Å². The number of nitriles is 1. The van der Waals surface area contributed by atoms with E-state index in [2.05, 4.69) is 16.0 Å². The van der Waals surface area contributed by atoms with E-state index in [0.29, 0.717) is 30.9 Å². The lowest BCUT2D eigenvalue weighted by molar-refractivity contribution is 0.688. The fraction of sp³-hybridized carbons (Fsp3) is 0.222. The molecule has 6 nitrogen and oxygen atoms in total. The van der Waals surface area contributed by atoms with Gasteiger partial charge in [0.15, 0.2) is 0 Å². The van der Waals surface area contributed by atoms with Crippen LogP contribution in [-0.2, 0) is 13.0 Å². The molecule has 0 atom stereocenters. The average Bonchev–Trinajstić information content (AvgIpc) is 2.61. The van der Waals surface area contributed by atoms with Crippen LogP contribution in [0.2, 0.25) is 0 Å². The highest BCUT2D eigenvalue weighted by atomic mass is 16.1. The number of rotatable bonds is 1. The molecule has 3 heterocycles. The van der Waals surface area contributed by atoms with Gasteiger partial charge >= 0.3 is 0 Å². The van der Waals surface area contributed by atoms with E-state index >= 15 is 0 Å². The van der Waals surface area contributed by atoms with E-state index in [-0.39, 0.29) is 5.56 Å². The summed E-state index contributed by atoms with van der Waals surface area (Å²) in [6, 6.07) is 10.1. The topological polar surface area (TPSA) is 85.7 Å². The van der Waals surface area contributed by atoms with E-state index < -0.39 is 0 Å². The van der Waals surface area contributed by atoms with Gasteiger partial charge in [-0.3, -0.25) is 4.79 Å². The number of aromatic nitrogens is 3. The van der Waals surface area contributed by atoms with Crippen molar-refractivity contribution < 1.29 is 0 Å². The molecule has 0 aliphatic carbocycles. The molecule has 3 aromatic rings. The molecule has 0 saturated heterocycles. The van der Waals surface area contributed by atoms with Gasteiger partial charge in [0.1, 0.15) is 11.9 Å². The van der Waals surface area contributed by atoms with Crippen molar-refractivity contribution >= 4 is 16.7 Å². The van der Waals surface area contributed by atoms with Gasteiger partial charge in [-0.25, -0.2) is 9.97 Å². The number of hydrogen-bond donors (Lipinski definition) is 1. The lowest BCUT2D eigenvalue weighted by Crippen LogP contribution is -2.36. The molecule has 6 heteroatoms. The van der Waals surface area contributed by atoms with Gasteiger partial charge in [-0.05, 0) is 25.0 Å². The van der Waals surface area contributed by atoms with E-state index in [1.165, 1.54) is 6.33 Å². The lowest BCUT2D eigenvalue weighted by Gasteiger charge is -2.29. The van der Waals surface area contributed by atoms with Crippen LogP contribution in [0, 0.1) is 18.3 Å². The summed E-state index contributed by atoms with van der Waals surface area (Å²) in [6.07, 6.45) is 2.02. The van der Waals surface area contributed by atoms with Crippen molar-refractivity contribution in [3.05, 3.63) is 63.3 Å². The third-order valence-electron chi connectivity index (χ3n) is 4.56. The van der Waals surface area contributed by atoms with Crippen molar-refractivity contribution in [2.45, 2.75) is 19.9 Å². The number of para-hydroxylation sites is 1. The molecule has 2 aromatic heterocycles. The van der Waals surface area contributed by atoms with Gasteiger partial charge in [0.2, 0.25) is 0 Å². The van der Waals surface area contributed by atoms with Crippen molar-refractivity contribution in [2.24, 2.45) is 0 Å². The van der Waals surface area contributed by atoms with Gasteiger partial charge in [0.05, 0.1) is 29.6 Å². The van der Waals surface area contributed by atoms with Crippen molar-refractivity contribution in [3.8, 4) is 6.07 Å². The van der Waals surface area contributed by atoms with Crippen LogP contribution in [0.25, 0.3) is 10.9 Å². The second-order valence-electron chi connectivity index (χ2n) is 5.89. The Hall–Kier alpha value is -3.20. The Morgan fingerprint density at radius 3 is 3.00 bits per heavy atom. The summed E-state index contributed by atoms with van der Waals surface area (Å²) in [7, 11) is 0. The molecule has 0 amide bonds. The Morgan fingerprint density at radius 1 is 1.33 bits per heavy atom. The number of benzene rings is 1. The van der Waals surface area contributed by atoms with Gasteiger partial charge in [0, 0.05) is 17.5 Å². The molecule has 1 N–H and O–H groups in total. The highest BCUT2D eigenvalue weighted by molar-refractivity contribution is 5.87. The van der Waals surface area contributed by atoms with Crippen LogP contribution in [-0.4, -0.2) is 21.5 Å². The maximum Gasteiger partial charge on any atom is 0.254 e. The number of nitrogens with zero attached hydrogens (tertiary/aromatic N) is 4. The monoisotopic (exact) mass is 317 g/mol. The minimum atomic E-state index is -0.0807. The summed E-state index contributed by atoms with van der Waals surface area (Å²) < 4.78 is 0. The van der Waals surface area contributed by atoms with Gasteiger partial charge < -0.3 is 9.88 Å². The number of aryl methyl sites for hydroxylation is 1. The summed E-state index contributed by atoms with van der Waals surface area (Å²) in [6.45, 7) is 3.08. The van der Waals surface area contributed by atoms with E-state index in [1.54, 1.807) is 0 Å². The third kappa shape index (κ3) is 2.14. The van der Waals surface area contributed by atoms with E-state index in [0.717, 1.165) is 27.7 Å². The Bertz CT molecular complexity index is 1050. The fourth-order valence-electron chi connectivity index (χ4n) is 3.27. The number of pyridine rings is 1. The third-order valence-corrected chi connectivity index (χ3v) is 4.56. The molecule has 0 spiro atoms. The molecule has 0 radical (unpaired) electrons. The van der Waals surface area contributed by atoms with Crippen molar-refractivity contribution in [1.29, 1.82) is 5.26 Å². The summed E-state index contributed by atoms with van der Waals surface area (Å²) >= 11 is 0. The number of aromatic amines is 1. The summed E-state index contributed by atoms with van der Waals surface area (Å²) in [5, 5.41) is 10.6. The van der Waals surface area contributed by atoms with E-state index in [9.17, 15) is 10.1 Å². The smallest absolute Gasteiger partial charge is 0.254 e. The Labute approximate surface area is 138 Å². The van der Waals surface area contributed by atoms with Gasteiger partial charge in [0.25, 0.3) is 5.56 Å². The number of fused-ring (bicyclic) bond motifs is 2. The van der Waals surface area contributed by atoms with Crippen LogP contribution in [0.5, 0.6) is 0 Å². The molecule has 24 heavy (non-hydrogen) atoms. The molecule has 1 aliphatic heterocycles. The molecule has 118 valence electrons. The van der Waals surface area contributed by atoms with Crippen molar-refractivity contribution in [3.63, 3.8) is 0 Å². The first-order chi connectivity index (χ1) is 11.7. The van der Waals surface area contributed by atoms with E-state index in [1.807, 2.05) is 36.1 Å². The Kier molecular flexibility index (Phi) is 3.28. The number of hydrogen-bond acceptors (Lipinski definition) is 5. The summed E-state index contributed by atoms with van der Waals surface area (Å²) in [5.74, 6) is 0.668. The first kappa shape index (κ1) is 14.4. The second-order valence-corrected chi connectivity index (χ2v) is 5.89. The van der Waals surface area contributed by atoms with Crippen LogP contribution in [0.3, 0.4) is 0 Å². The molecular formula is C18H15N5O. The molecular weight excluding hydrogens is 302 g/mol. The van der Waals surface area contributed by atoms with Crippen LogP contribution >= 0.6 is 0 Å². The minimum absolute atomic E-state index is 0.0807. The van der Waals surface area contributed by atoms with E-state index in [4.69, 9.17) is 4.98 Å². The largest absolute Gasteiger partial charge is 0.349 e. The normalized spacial score (nSPS) is 13.6. The highest BCUT2D eigenvalue weighted by Crippen LogP contribution is 2.30. The quantitative estimate of drug-likeness (QED) is 0.742. The predicted octanol–water partition coefficient (Wildman–Crippen LogP) is 2.06. The Morgan fingerprint density at radius 2 is 2.17 bits per heavy atom. The zero-order valence-corrected chi connectivity index (χ0v) is 13.2. The average molecular weight is 317 g/mol.